The molecule has 1 saturated heterocycles. The molecule has 0 saturated carbocycles. The zero-order chi connectivity index (χ0) is 23.0. The first-order chi connectivity index (χ1) is 15.9. The Bertz CT molecular complexity index is 1290. The van der Waals surface area contributed by atoms with Crippen LogP contribution in [0.4, 0.5) is 5.69 Å². The van der Waals surface area contributed by atoms with E-state index in [4.69, 9.17) is 11.6 Å². The lowest BCUT2D eigenvalue weighted by atomic mass is 10.0. The Balaban J connectivity index is 1.34. The molecule has 1 amide bonds. The number of anilines is 1. The molecule has 0 atom stereocenters. The summed E-state index contributed by atoms with van der Waals surface area (Å²) in [5.74, 6) is -0.196. The molecule has 0 radical (unpaired) electrons. The van der Waals surface area contributed by atoms with Crippen LogP contribution in [0.15, 0.2) is 77.7 Å². The van der Waals surface area contributed by atoms with Gasteiger partial charge in [-0.1, -0.05) is 60.1 Å². The molecule has 3 aromatic rings. The standard InChI is InChI=1S/C25H24ClN3O3S/c26-20-10-11-23-22(16-20)21-8-4-5-9-24(21)33(31,32)29(23)18-25(30)28-14-12-27(13-15-28)17-19-6-2-1-3-7-19/h1-11,16H,12-15,17-18H2. The predicted molar refractivity (Wildman–Crippen MR) is 130 cm³/mol. The van der Waals surface area contributed by atoms with Gasteiger partial charge in [-0.15, -0.1) is 0 Å². The summed E-state index contributed by atoms with van der Waals surface area (Å²) < 4.78 is 28.1. The first-order valence-electron chi connectivity index (χ1n) is 10.9. The molecule has 2 aliphatic heterocycles. The topological polar surface area (TPSA) is 60.9 Å². The fourth-order valence-electron chi connectivity index (χ4n) is 4.49. The van der Waals surface area contributed by atoms with Gasteiger partial charge in [0.15, 0.2) is 0 Å². The summed E-state index contributed by atoms with van der Waals surface area (Å²) in [5, 5.41) is 0.517. The maximum Gasteiger partial charge on any atom is 0.265 e. The Morgan fingerprint density at radius 2 is 1.55 bits per heavy atom. The number of piperazine rings is 1. The number of amides is 1. The highest BCUT2D eigenvalue weighted by Gasteiger charge is 2.37. The van der Waals surface area contributed by atoms with Crippen LogP contribution < -0.4 is 4.31 Å². The second kappa shape index (κ2) is 8.82. The van der Waals surface area contributed by atoms with Gasteiger partial charge in [-0.05, 0) is 29.8 Å². The molecule has 5 rings (SSSR count). The molecule has 8 heteroatoms. The molecule has 0 aliphatic carbocycles. The first-order valence-corrected chi connectivity index (χ1v) is 12.7. The highest BCUT2D eigenvalue weighted by Crippen LogP contribution is 2.43. The molecule has 0 unspecified atom stereocenters. The van der Waals surface area contributed by atoms with Gasteiger partial charge in [0.25, 0.3) is 10.0 Å². The van der Waals surface area contributed by atoms with E-state index in [1.807, 2.05) is 18.2 Å². The normalized spacial score (nSPS) is 17.4. The van der Waals surface area contributed by atoms with Gasteiger partial charge in [-0.3, -0.25) is 14.0 Å². The third kappa shape index (κ3) is 4.24. The highest BCUT2D eigenvalue weighted by atomic mass is 35.5. The molecule has 170 valence electrons. The quantitative estimate of drug-likeness (QED) is 0.567. The third-order valence-electron chi connectivity index (χ3n) is 6.23. The fourth-order valence-corrected chi connectivity index (χ4v) is 6.31. The van der Waals surface area contributed by atoms with E-state index in [9.17, 15) is 13.2 Å². The van der Waals surface area contributed by atoms with E-state index in [1.165, 1.54) is 9.87 Å². The molecule has 33 heavy (non-hydrogen) atoms. The number of carbonyl (C=O) groups is 1. The molecular formula is C25H24ClN3O3S. The van der Waals surface area contributed by atoms with Crippen molar-refractivity contribution in [1.82, 2.24) is 9.80 Å². The molecule has 0 N–H and O–H groups in total. The van der Waals surface area contributed by atoms with Crippen molar-refractivity contribution in [1.29, 1.82) is 0 Å². The number of sulfonamides is 1. The van der Waals surface area contributed by atoms with Gasteiger partial charge in [0, 0.05) is 48.9 Å². The average Bonchev–Trinajstić information content (AvgIpc) is 2.83. The Morgan fingerprint density at radius 3 is 2.30 bits per heavy atom. The summed E-state index contributed by atoms with van der Waals surface area (Å²) >= 11 is 6.21. The molecular weight excluding hydrogens is 458 g/mol. The number of halogens is 1. The number of benzene rings is 3. The smallest absolute Gasteiger partial charge is 0.265 e. The molecule has 3 aromatic carbocycles. The Morgan fingerprint density at radius 1 is 0.848 bits per heavy atom. The van der Waals surface area contributed by atoms with Gasteiger partial charge in [-0.2, -0.15) is 0 Å². The lowest BCUT2D eigenvalue weighted by Gasteiger charge is -2.37. The maximum absolute atomic E-state index is 13.4. The maximum atomic E-state index is 13.4. The van der Waals surface area contributed by atoms with E-state index in [2.05, 4.69) is 17.0 Å². The fraction of sp³-hybridized carbons (Fsp3) is 0.240. The SMILES string of the molecule is O=C(CN1c2ccc(Cl)cc2-c2ccccc2S1(=O)=O)N1CCN(Cc2ccccc2)CC1. The molecule has 0 bridgehead atoms. The molecule has 2 heterocycles. The van der Waals surface area contributed by atoms with Crippen molar-refractivity contribution < 1.29 is 13.2 Å². The van der Waals surface area contributed by atoms with E-state index in [0.29, 0.717) is 34.9 Å². The van der Waals surface area contributed by atoms with Crippen molar-refractivity contribution in [2.45, 2.75) is 11.4 Å². The zero-order valence-corrected chi connectivity index (χ0v) is 19.6. The van der Waals surface area contributed by atoms with E-state index in [-0.39, 0.29) is 17.3 Å². The second-order valence-corrected chi connectivity index (χ2v) is 10.6. The number of nitrogens with zero attached hydrogens (tertiary/aromatic N) is 3. The summed E-state index contributed by atoms with van der Waals surface area (Å²) in [6.07, 6.45) is 0. The lowest BCUT2D eigenvalue weighted by Crippen LogP contribution is -2.51. The summed E-state index contributed by atoms with van der Waals surface area (Å²) in [7, 11) is -3.86. The van der Waals surface area contributed by atoms with Crippen LogP contribution in [-0.4, -0.2) is 56.8 Å². The average molecular weight is 482 g/mol. The summed E-state index contributed by atoms with van der Waals surface area (Å²) in [4.78, 5) is 17.4. The Labute approximate surface area is 199 Å². The Hall–Kier alpha value is -2.87. The van der Waals surface area contributed by atoms with Gasteiger partial charge in [-0.25, -0.2) is 8.42 Å². The van der Waals surface area contributed by atoms with Crippen LogP contribution in [0.2, 0.25) is 5.02 Å². The van der Waals surface area contributed by atoms with E-state index in [1.54, 1.807) is 47.4 Å². The van der Waals surface area contributed by atoms with Gasteiger partial charge in [0.2, 0.25) is 5.91 Å². The van der Waals surface area contributed by atoms with Crippen molar-refractivity contribution in [3.63, 3.8) is 0 Å². The van der Waals surface area contributed by atoms with E-state index >= 15 is 0 Å². The molecule has 1 fully saturated rings. The van der Waals surface area contributed by atoms with E-state index in [0.717, 1.165) is 19.6 Å². The van der Waals surface area contributed by atoms with Crippen molar-refractivity contribution in [3.8, 4) is 11.1 Å². The number of hydrogen-bond donors (Lipinski definition) is 0. The minimum absolute atomic E-state index is 0.195. The highest BCUT2D eigenvalue weighted by molar-refractivity contribution is 7.93. The largest absolute Gasteiger partial charge is 0.339 e. The van der Waals surface area contributed by atoms with Gasteiger partial charge >= 0.3 is 0 Å². The summed E-state index contributed by atoms with van der Waals surface area (Å²) in [6, 6.07) is 22.2. The number of rotatable bonds is 4. The van der Waals surface area contributed by atoms with Crippen LogP contribution in [0.5, 0.6) is 0 Å². The van der Waals surface area contributed by atoms with Crippen LogP contribution in [0.3, 0.4) is 0 Å². The minimum Gasteiger partial charge on any atom is -0.339 e. The van der Waals surface area contributed by atoms with Crippen LogP contribution in [0.25, 0.3) is 11.1 Å². The minimum atomic E-state index is -3.86. The molecule has 0 aromatic heterocycles. The lowest BCUT2D eigenvalue weighted by molar-refractivity contribution is -0.131. The van der Waals surface area contributed by atoms with Crippen molar-refractivity contribution in [2.75, 3.05) is 37.0 Å². The van der Waals surface area contributed by atoms with Crippen LogP contribution in [0, 0.1) is 0 Å². The third-order valence-corrected chi connectivity index (χ3v) is 8.28. The van der Waals surface area contributed by atoms with Gasteiger partial charge < -0.3 is 4.90 Å². The van der Waals surface area contributed by atoms with Gasteiger partial charge in [0.05, 0.1) is 10.6 Å². The first kappa shape index (κ1) is 21.9. The van der Waals surface area contributed by atoms with E-state index < -0.39 is 10.0 Å². The van der Waals surface area contributed by atoms with Crippen molar-refractivity contribution >= 4 is 33.2 Å². The molecule has 6 nitrogen and oxygen atoms in total. The number of carbonyl (C=O) groups excluding carboxylic acids is 1. The van der Waals surface area contributed by atoms with Crippen LogP contribution in [0.1, 0.15) is 5.56 Å². The molecule has 2 aliphatic rings. The van der Waals surface area contributed by atoms with Crippen molar-refractivity contribution in [2.24, 2.45) is 0 Å². The second-order valence-electron chi connectivity index (χ2n) is 8.31. The monoisotopic (exact) mass is 481 g/mol. The predicted octanol–water partition coefficient (Wildman–Crippen LogP) is 3.86. The number of hydrogen-bond acceptors (Lipinski definition) is 4. The molecule has 0 spiro atoms. The van der Waals surface area contributed by atoms with Crippen molar-refractivity contribution in [3.05, 3.63) is 83.4 Å². The van der Waals surface area contributed by atoms with Crippen LogP contribution in [-0.2, 0) is 21.4 Å². The summed E-state index contributed by atoms with van der Waals surface area (Å²) in [6.45, 7) is 3.26. The zero-order valence-electron chi connectivity index (χ0n) is 18.0. The number of fused-ring (bicyclic) bond motifs is 3. The Kier molecular flexibility index (Phi) is 5.86. The van der Waals surface area contributed by atoms with Crippen LogP contribution >= 0.6 is 11.6 Å². The van der Waals surface area contributed by atoms with Gasteiger partial charge in [0.1, 0.15) is 6.54 Å². The summed E-state index contributed by atoms with van der Waals surface area (Å²) in [5.41, 5.74) is 3.04.